The molecule has 0 saturated carbocycles. The summed E-state index contributed by atoms with van der Waals surface area (Å²) < 4.78 is 0. The van der Waals surface area contributed by atoms with Crippen LogP contribution in [0.1, 0.15) is 17.5 Å². The molecule has 2 aromatic carbocycles. The van der Waals surface area contributed by atoms with Crippen molar-refractivity contribution < 1.29 is 19.8 Å². The lowest BCUT2D eigenvalue weighted by atomic mass is 10.00. The fraction of sp³-hybridized carbons (Fsp3) is 0.250. The first-order valence-electron chi connectivity index (χ1n) is 6.67. The maximum Gasteiger partial charge on any atom is 0.320 e. The molecule has 1 atom stereocenters. The predicted molar refractivity (Wildman–Crippen MR) is 79.2 cm³/mol. The summed E-state index contributed by atoms with van der Waals surface area (Å²) in [5, 5.41) is 19.5. The summed E-state index contributed by atoms with van der Waals surface area (Å²) in [7, 11) is 0. The Bertz CT molecular complexity index is 681. The Balaban J connectivity index is 2.15. The van der Waals surface area contributed by atoms with Crippen LogP contribution in [0.4, 0.5) is 0 Å². The average molecular weight is 287 g/mol. The number of hydrogen-bond acceptors (Lipinski definition) is 3. The SMILES string of the molecule is NC(CCc1ccc2cc(CC(=O)O)ccc2c1)C(=O)O. The number of carboxylic acids is 2. The van der Waals surface area contributed by atoms with E-state index >= 15 is 0 Å². The standard InChI is InChI=1S/C16H17NO4/c17-14(16(20)21)6-3-10-1-4-13-8-11(9-15(18)19)2-5-12(13)7-10/h1-2,4-5,7-8,14H,3,6,9,17H2,(H,18,19)(H,20,21). The van der Waals surface area contributed by atoms with Crippen LogP contribution >= 0.6 is 0 Å². The van der Waals surface area contributed by atoms with E-state index in [1.54, 1.807) is 6.07 Å². The van der Waals surface area contributed by atoms with Crippen molar-refractivity contribution in [3.05, 3.63) is 47.5 Å². The Morgan fingerprint density at radius 1 is 1.00 bits per heavy atom. The summed E-state index contributed by atoms with van der Waals surface area (Å²) in [5.74, 6) is -1.84. The first kappa shape index (κ1) is 15.0. The van der Waals surface area contributed by atoms with Crippen LogP contribution in [0.25, 0.3) is 10.8 Å². The molecule has 0 saturated heterocycles. The topological polar surface area (TPSA) is 101 Å². The van der Waals surface area contributed by atoms with Gasteiger partial charge in [0.2, 0.25) is 0 Å². The molecule has 2 aromatic rings. The van der Waals surface area contributed by atoms with Crippen molar-refractivity contribution in [3.8, 4) is 0 Å². The van der Waals surface area contributed by atoms with Crippen LogP contribution in [0.3, 0.4) is 0 Å². The molecule has 0 radical (unpaired) electrons. The molecule has 21 heavy (non-hydrogen) atoms. The zero-order valence-electron chi connectivity index (χ0n) is 11.5. The minimum absolute atomic E-state index is 0.00512. The summed E-state index contributed by atoms with van der Waals surface area (Å²) in [6, 6.07) is 10.5. The van der Waals surface area contributed by atoms with E-state index in [4.69, 9.17) is 15.9 Å². The van der Waals surface area contributed by atoms with Crippen LogP contribution in [-0.2, 0) is 22.4 Å². The molecule has 5 nitrogen and oxygen atoms in total. The Morgan fingerprint density at radius 3 is 2.14 bits per heavy atom. The van der Waals surface area contributed by atoms with Gasteiger partial charge in [-0.05, 0) is 34.7 Å². The van der Waals surface area contributed by atoms with Gasteiger partial charge in [0.15, 0.2) is 0 Å². The number of fused-ring (bicyclic) bond motifs is 1. The number of nitrogens with two attached hydrogens (primary N) is 1. The quantitative estimate of drug-likeness (QED) is 0.752. The Hall–Kier alpha value is -2.40. The summed E-state index contributed by atoms with van der Waals surface area (Å²) in [6.07, 6.45) is 0.989. The van der Waals surface area contributed by atoms with Gasteiger partial charge in [-0.2, -0.15) is 0 Å². The lowest BCUT2D eigenvalue weighted by molar-refractivity contribution is -0.139. The van der Waals surface area contributed by atoms with E-state index in [1.165, 1.54) is 0 Å². The highest BCUT2D eigenvalue weighted by Gasteiger charge is 2.11. The molecule has 2 rings (SSSR count). The van der Waals surface area contributed by atoms with Gasteiger partial charge < -0.3 is 15.9 Å². The Kier molecular flexibility index (Phi) is 4.55. The molecule has 0 aliphatic rings. The second kappa shape index (κ2) is 6.37. The van der Waals surface area contributed by atoms with Crippen LogP contribution in [0.2, 0.25) is 0 Å². The highest BCUT2D eigenvalue weighted by atomic mass is 16.4. The normalized spacial score (nSPS) is 12.2. The highest BCUT2D eigenvalue weighted by molar-refractivity contribution is 5.85. The fourth-order valence-electron chi connectivity index (χ4n) is 2.23. The third-order valence-electron chi connectivity index (χ3n) is 3.39. The molecule has 110 valence electrons. The van der Waals surface area contributed by atoms with E-state index < -0.39 is 18.0 Å². The molecule has 0 heterocycles. The molecular weight excluding hydrogens is 270 g/mol. The van der Waals surface area contributed by atoms with Gasteiger partial charge in [-0.3, -0.25) is 9.59 Å². The number of aliphatic carboxylic acids is 2. The number of aryl methyl sites for hydroxylation is 1. The van der Waals surface area contributed by atoms with E-state index in [0.29, 0.717) is 12.8 Å². The van der Waals surface area contributed by atoms with Crippen LogP contribution in [-0.4, -0.2) is 28.2 Å². The Morgan fingerprint density at radius 2 is 1.57 bits per heavy atom. The monoisotopic (exact) mass is 287 g/mol. The molecule has 0 aliphatic carbocycles. The maximum absolute atomic E-state index is 10.7. The van der Waals surface area contributed by atoms with E-state index in [1.807, 2.05) is 30.3 Å². The van der Waals surface area contributed by atoms with Crippen molar-refractivity contribution in [1.82, 2.24) is 0 Å². The fourth-order valence-corrected chi connectivity index (χ4v) is 2.23. The predicted octanol–water partition coefficient (Wildman–Crippen LogP) is 1.81. The van der Waals surface area contributed by atoms with Crippen molar-refractivity contribution in [2.24, 2.45) is 5.73 Å². The zero-order chi connectivity index (χ0) is 15.4. The lowest BCUT2D eigenvalue weighted by Crippen LogP contribution is -2.30. The molecule has 0 spiro atoms. The van der Waals surface area contributed by atoms with Crippen molar-refractivity contribution in [2.45, 2.75) is 25.3 Å². The molecule has 4 N–H and O–H groups in total. The smallest absolute Gasteiger partial charge is 0.320 e. The highest BCUT2D eigenvalue weighted by Crippen LogP contribution is 2.19. The third-order valence-corrected chi connectivity index (χ3v) is 3.39. The van der Waals surface area contributed by atoms with Gasteiger partial charge in [0, 0.05) is 0 Å². The van der Waals surface area contributed by atoms with Crippen LogP contribution < -0.4 is 5.73 Å². The van der Waals surface area contributed by atoms with E-state index in [9.17, 15) is 9.59 Å². The number of carboxylic acid groups (broad SMARTS) is 2. The lowest BCUT2D eigenvalue weighted by Gasteiger charge is -2.08. The maximum atomic E-state index is 10.7. The molecule has 5 heteroatoms. The van der Waals surface area contributed by atoms with Gasteiger partial charge in [0.05, 0.1) is 6.42 Å². The summed E-state index contributed by atoms with van der Waals surface area (Å²) >= 11 is 0. The second-order valence-corrected chi connectivity index (χ2v) is 5.07. The van der Waals surface area contributed by atoms with Crippen molar-refractivity contribution in [3.63, 3.8) is 0 Å². The minimum atomic E-state index is -0.992. The molecule has 0 aliphatic heterocycles. The third kappa shape index (κ3) is 4.03. The van der Waals surface area contributed by atoms with Gasteiger partial charge >= 0.3 is 11.9 Å². The summed E-state index contributed by atoms with van der Waals surface area (Å²) in [5.41, 5.74) is 7.27. The number of carbonyl (C=O) groups is 2. The summed E-state index contributed by atoms with van der Waals surface area (Å²) in [4.78, 5) is 21.4. The summed E-state index contributed by atoms with van der Waals surface area (Å²) in [6.45, 7) is 0. The molecule has 0 bridgehead atoms. The Labute approximate surface area is 122 Å². The molecule has 1 unspecified atom stereocenters. The number of hydrogen-bond donors (Lipinski definition) is 3. The van der Waals surface area contributed by atoms with E-state index in [2.05, 4.69) is 0 Å². The van der Waals surface area contributed by atoms with Crippen molar-refractivity contribution in [1.29, 1.82) is 0 Å². The molecule has 0 aromatic heterocycles. The number of benzene rings is 2. The van der Waals surface area contributed by atoms with Crippen LogP contribution in [0.15, 0.2) is 36.4 Å². The van der Waals surface area contributed by atoms with Gasteiger partial charge in [0.1, 0.15) is 6.04 Å². The van der Waals surface area contributed by atoms with E-state index in [0.717, 1.165) is 21.9 Å². The molecule has 0 fully saturated rings. The van der Waals surface area contributed by atoms with Crippen LogP contribution in [0, 0.1) is 0 Å². The molecular formula is C16H17NO4. The van der Waals surface area contributed by atoms with E-state index in [-0.39, 0.29) is 6.42 Å². The van der Waals surface area contributed by atoms with Crippen molar-refractivity contribution >= 4 is 22.7 Å². The second-order valence-electron chi connectivity index (χ2n) is 5.07. The first-order chi connectivity index (χ1) is 9.95. The minimum Gasteiger partial charge on any atom is -0.481 e. The zero-order valence-corrected chi connectivity index (χ0v) is 11.5. The number of rotatable bonds is 6. The average Bonchev–Trinajstić information content (AvgIpc) is 2.43. The van der Waals surface area contributed by atoms with Gasteiger partial charge in [-0.1, -0.05) is 36.4 Å². The van der Waals surface area contributed by atoms with Gasteiger partial charge in [-0.25, -0.2) is 0 Å². The van der Waals surface area contributed by atoms with Crippen molar-refractivity contribution in [2.75, 3.05) is 0 Å². The van der Waals surface area contributed by atoms with Gasteiger partial charge in [-0.15, -0.1) is 0 Å². The molecule has 0 amide bonds. The first-order valence-corrected chi connectivity index (χ1v) is 6.67. The van der Waals surface area contributed by atoms with Gasteiger partial charge in [0.25, 0.3) is 0 Å². The largest absolute Gasteiger partial charge is 0.481 e. The van der Waals surface area contributed by atoms with Crippen LogP contribution in [0.5, 0.6) is 0 Å².